The summed E-state index contributed by atoms with van der Waals surface area (Å²) in [6.45, 7) is 2.04. The second kappa shape index (κ2) is 6.99. The molecule has 0 saturated heterocycles. The van der Waals surface area contributed by atoms with E-state index in [0.717, 1.165) is 23.3 Å². The minimum atomic E-state index is -0.756. The van der Waals surface area contributed by atoms with Gasteiger partial charge in [0.1, 0.15) is 11.6 Å². The fourth-order valence-electron chi connectivity index (χ4n) is 2.71. The first-order valence-corrected chi connectivity index (χ1v) is 8.31. The predicted molar refractivity (Wildman–Crippen MR) is 98.6 cm³/mol. The molecule has 0 atom stereocenters. The Bertz CT molecular complexity index is 1060. The first kappa shape index (κ1) is 16.9. The van der Waals surface area contributed by atoms with Gasteiger partial charge < -0.3 is 0 Å². The summed E-state index contributed by atoms with van der Waals surface area (Å²) in [7, 11) is 0. The largest absolute Gasteiger partial charge is 0.209 e. The molecular weight excluding hydrogens is 346 g/mol. The molecule has 0 spiro atoms. The van der Waals surface area contributed by atoms with Gasteiger partial charge in [0.2, 0.25) is 11.6 Å². The zero-order valence-electron chi connectivity index (χ0n) is 14.4. The van der Waals surface area contributed by atoms with Gasteiger partial charge in [-0.25, -0.2) is 8.78 Å². The van der Waals surface area contributed by atoms with E-state index < -0.39 is 11.6 Å². The molecule has 1 aromatic heterocycles. The molecule has 4 rings (SSSR count). The van der Waals surface area contributed by atoms with Gasteiger partial charge in [-0.05, 0) is 30.2 Å². The first-order chi connectivity index (χ1) is 13.1. The number of aromatic nitrogens is 4. The van der Waals surface area contributed by atoms with Crippen molar-refractivity contribution in [2.45, 2.75) is 6.92 Å². The van der Waals surface area contributed by atoms with Crippen molar-refractivity contribution in [1.29, 1.82) is 0 Å². The van der Waals surface area contributed by atoms with E-state index in [4.69, 9.17) is 0 Å². The molecular formula is C21H14F2N4. The smallest absolute Gasteiger partial charge is 0.206 e. The fourth-order valence-corrected chi connectivity index (χ4v) is 2.71. The maximum atomic E-state index is 13.8. The summed E-state index contributed by atoms with van der Waals surface area (Å²) in [5, 5.41) is 15.6. The molecule has 0 N–H and O–H groups in total. The number of halogens is 2. The lowest BCUT2D eigenvalue weighted by Gasteiger charge is -2.05. The van der Waals surface area contributed by atoms with E-state index in [1.165, 1.54) is 11.6 Å². The maximum absolute atomic E-state index is 13.8. The lowest BCUT2D eigenvalue weighted by Crippen LogP contribution is -2.02. The molecule has 0 unspecified atom stereocenters. The van der Waals surface area contributed by atoms with Crippen LogP contribution in [-0.2, 0) is 0 Å². The quantitative estimate of drug-likeness (QED) is 0.524. The lowest BCUT2D eigenvalue weighted by molar-refractivity contribution is 0.585. The zero-order valence-corrected chi connectivity index (χ0v) is 14.4. The summed E-state index contributed by atoms with van der Waals surface area (Å²) < 4.78 is 27.6. The predicted octanol–water partition coefficient (Wildman–Crippen LogP) is 4.85. The van der Waals surface area contributed by atoms with Crippen LogP contribution >= 0.6 is 0 Å². The summed E-state index contributed by atoms with van der Waals surface area (Å²) in [6.07, 6.45) is 0. The molecule has 0 aliphatic heterocycles. The van der Waals surface area contributed by atoms with Gasteiger partial charge in [-0.15, -0.1) is 20.4 Å². The second-order valence-electron chi connectivity index (χ2n) is 6.09. The normalized spacial score (nSPS) is 10.8. The summed E-state index contributed by atoms with van der Waals surface area (Å²) >= 11 is 0. The highest BCUT2D eigenvalue weighted by molar-refractivity contribution is 5.67. The molecule has 27 heavy (non-hydrogen) atoms. The van der Waals surface area contributed by atoms with E-state index in [1.807, 2.05) is 31.2 Å². The van der Waals surface area contributed by atoms with Crippen molar-refractivity contribution in [3.63, 3.8) is 0 Å². The van der Waals surface area contributed by atoms with Crippen molar-refractivity contribution in [3.8, 4) is 33.9 Å². The van der Waals surface area contributed by atoms with Gasteiger partial charge in [-0.2, -0.15) is 0 Å². The Labute approximate surface area is 154 Å². The monoisotopic (exact) mass is 360 g/mol. The average Bonchev–Trinajstić information content (AvgIpc) is 2.69. The molecule has 0 radical (unpaired) electrons. The van der Waals surface area contributed by atoms with Gasteiger partial charge in [0, 0.05) is 5.56 Å². The molecule has 1 heterocycles. The Morgan fingerprint density at radius 3 is 1.56 bits per heavy atom. The average molecular weight is 360 g/mol. The van der Waals surface area contributed by atoms with Crippen LogP contribution in [0.25, 0.3) is 33.9 Å². The van der Waals surface area contributed by atoms with Gasteiger partial charge in [-0.3, -0.25) is 0 Å². The van der Waals surface area contributed by atoms with Gasteiger partial charge >= 0.3 is 0 Å². The number of benzene rings is 3. The van der Waals surface area contributed by atoms with Crippen molar-refractivity contribution in [3.05, 3.63) is 83.9 Å². The van der Waals surface area contributed by atoms with Crippen LogP contribution in [0, 0.1) is 18.6 Å². The Balaban J connectivity index is 1.62. The van der Waals surface area contributed by atoms with E-state index in [1.54, 1.807) is 0 Å². The highest BCUT2D eigenvalue weighted by Crippen LogP contribution is 2.24. The van der Waals surface area contributed by atoms with E-state index in [0.29, 0.717) is 5.56 Å². The molecule has 0 fully saturated rings. The van der Waals surface area contributed by atoms with Gasteiger partial charge in [0.05, 0.1) is 5.56 Å². The Kier molecular flexibility index (Phi) is 4.38. The lowest BCUT2D eigenvalue weighted by atomic mass is 10.0. The Hall–Kier alpha value is -3.54. The molecule has 0 amide bonds. The minimum Gasteiger partial charge on any atom is -0.206 e. The van der Waals surface area contributed by atoms with Crippen molar-refractivity contribution < 1.29 is 8.78 Å². The van der Waals surface area contributed by atoms with E-state index in [-0.39, 0.29) is 17.2 Å². The fraction of sp³-hybridized carbons (Fsp3) is 0.0476. The minimum absolute atomic E-state index is 0.189. The van der Waals surface area contributed by atoms with E-state index in [2.05, 4.69) is 44.7 Å². The van der Waals surface area contributed by atoms with E-state index in [9.17, 15) is 8.78 Å². The molecule has 0 saturated carbocycles. The molecule has 132 valence electrons. The van der Waals surface area contributed by atoms with Crippen LogP contribution in [0.5, 0.6) is 0 Å². The third-order valence-electron chi connectivity index (χ3n) is 4.19. The molecule has 0 bridgehead atoms. The summed E-state index contributed by atoms with van der Waals surface area (Å²) in [5.74, 6) is -1.42. The van der Waals surface area contributed by atoms with Crippen molar-refractivity contribution >= 4 is 0 Å². The summed E-state index contributed by atoms with van der Waals surface area (Å²) in [4.78, 5) is 0. The van der Waals surface area contributed by atoms with Gasteiger partial charge in [0.15, 0.2) is 0 Å². The third-order valence-corrected chi connectivity index (χ3v) is 4.19. The molecule has 4 nitrogen and oxygen atoms in total. The SMILES string of the molecule is Cc1ccc(-c2ccc(-c3nnc(-c4c(F)cccc4F)nn3)cc2)cc1. The highest BCUT2D eigenvalue weighted by atomic mass is 19.1. The van der Waals surface area contributed by atoms with E-state index >= 15 is 0 Å². The first-order valence-electron chi connectivity index (χ1n) is 8.31. The maximum Gasteiger partial charge on any atom is 0.209 e. The third kappa shape index (κ3) is 3.42. The molecule has 6 heteroatoms. The zero-order chi connectivity index (χ0) is 18.8. The van der Waals surface area contributed by atoms with Gasteiger partial charge in [0.25, 0.3) is 0 Å². The summed E-state index contributed by atoms with van der Waals surface area (Å²) in [6, 6.07) is 19.4. The second-order valence-corrected chi connectivity index (χ2v) is 6.09. The molecule has 0 aliphatic rings. The van der Waals surface area contributed by atoms with Gasteiger partial charge in [-0.1, -0.05) is 60.2 Å². The number of hydrogen-bond acceptors (Lipinski definition) is 4. The van der Waals surface area contributed by atoms with Crippen molar-refractivity contribution in [2.24, 2.45) is 0 Å². The number of rotatable bonds is 3. The Morgan fingerprint density at radius 1 is 0.556 bits per heavy atom. The van der Waals surface area contributed by atoms with Crippen LogP contribution in [0.3, 0.4) is 0 Å². The number of hydrogen-bond donors (Lipinski definition) is 0. The Morgan fingerprint density at radius 2 is 1.00 bits per heavy atom. The van der Waals surface area contributed by atoms with Crippen LogP contribution in [0.4, 0.5) is 8.78 Å². The van der Waals surface area contributed by atoms with Crippen LogP contribution < -0.4 is 0 Å². The standard InChI is InChI=1S/C21H14F2N4/c1-13-5-7-14(8-6-13)15-9-11-16(12-10-15)20-24-26-21(27-25-20)19-17(22)3-2-4-18(19)23/h2-12H,1H3. The highest BCUT2D eigenvalue weighted by Gasteiger charge is 2.15. The van der Waals surface area contributed by atoms with Crippen LogP contribution in [-0.4, -0.2) is 20.4 Å². The topological polar surface area (TPSA) is 51.6 Å². The molecule has 3 aromatic carbocycles. The molecule has 4 aromatic rings. The van der Waals surface area contributed by atoms with Crippen molar-refractivity contribution in [1.82, 2.24) is 20.4 Å². The van der Waals surface area contributed by atoms with Crippen molar-refractivity contribution in [2.75, 3.05) is 0 Å². The van der Waals surface area contributed by atoms with Crippen LogP contribution in [0.2, 0.25) is 0 Å². The summed E-state index contributed by atoms with van der Waals surface area (Å²) in [5.41, 5.74) is 3.75. The van der Waals surface area contributed by atoms with Crippen LogP contribution in [0.1, 0.15) is 5.56 Å². The van der Waals surface area contributed by atoms with Crippen LogP contribution in [0.15, 0.2) is 66.7 Å². The molecule has 0 aliphatic carbocycles. The number of aryl methyl sites for hydroxylation is 1. The number of nitrogens with zero attached hydrogens (tertiary/aromatic N) is 4.